The molecule has 1 aliphatic heterocycles. The van der Waals surface area contributed by atoms with E-state index in [0.29, 0.717) is 19.0 Å². The lowest BCUT2D eigenvalue weighted by atomic mass is 10.1. The Bertz CT molecular complexity index is 488. The Balaban J connectivity index is 1.90. The molecule has 1 atom stereocenters. The van der Waals surface area contributed by atoms with E-state index in [1.807, 2.05) is 32.9 Å². The van der Waals surface area contributed by atoms with Crippen LogP contribution < -0.4 is 10.1 Å². The molecular weight excluding hydrogens is 322 g/mol. The number of carbonyl (C=O) groups excluding carboxylic acids is 1. The van der Waals surface area contributed by atoms with Crippen LogP contribution in [0.25, 0.3) is 0 Å². The number of aromatic nitrogens is 1. The fraction of sp³-hybridized carbons (Fsp3) is 0.571. The molecule has 0 spiro atoms. The van der Waals surface area contributed by atoms with Gasteiger partial charge in [-0.3, -0.25) is 0 Å². The van der Waals surface area contributed by atoms with Crippen molar-refractivity contribution in [2.45, 2.75) is 38.8 Å². The number of ether oxygens (including phenoxy) is 1. The molecule has 1 saturated heterocycles. The Morgan fingerprint density at radius 2 is 2.30 bits per heavy atom. The summed E-state index contributed by atoms with van der Waals surface area (Å²) in [6.45, 7) is 7.21. The minimum absolute atomic E-state index is 0.00748. The van der Waals surface area contributed by atoms with Crippen LogP contribution in [0.1, 0.15) is 27.2 Å². The standard InChI is InChI=1S/C14H20BrN3O2/c1-14(2,3)17-13(19)18-8-6-10(9-18)20-12-11(15)5-4-7-16-12/h4-5,7,10H,6,8-9H2,1-3H3,(H,17,19). The molecule has 20 heavy (non-hydrogen) atoms. The first-order valence-electron chi connectivity index (χ1n) is 6.69. The van der Waals surface area contributed by atoms with E-state index in [0.717, 1.165) is 10.9 Å². The molecule has 0 aliphatic carbocycles. The molecule has 0 bridgehead atoms. The fourth-order valence-electron chi connectivity index (χ4n) is 2.02. The molecule has 6 heteroatoms. The van der Waals surface area contributed by atoms with Crippen molar-refractivity contribution in [3.63, 3.8) is 0 Å². The SMILES string of the molecule is CC(C)(C)NC(=O)N1CCC(Oc2ncccc2Br)C1. The van der Waals surface area contributed by atoms with Gasteiger partial charge in [0.05, 0.1) is 11.0 Å². The number of halogens is 1. The number of urea groups is 1. The van der Waals surface area contributed by atoms with Crippen LogP contribution in [0, 0.1) is 0 Å². The molecule has 0 radical (unpaired) electrons. The van der Waals surface area contributed by atoms with Gasteiger partial charge in [0.15, 0.2) is 0 Å². The summed E-state index contributed by atoms with van der Waals surface area (Å²) in [6.07, 6.45) is 2.51. The van der Waals surface area contributed by atoms with Crippen molar-refractivity contribution in [2.75, 3.05) is 13.1 Å². The molecule has 0 saturated carbocycles. The largest absolute Gasteiger partial charge is 0.472 e. The molecule has 1 unspecified atom stereocenters. The van der Waals surface area contributed by atoms with E-state index in [-0.39, 0.29) is 17.7 Å². The lowest BCUT2D eigenvalue weighted by molar-refractivity contribution is 0.177. The van der Waals surface area contributed by atoms with Crippen molar-refractivity contribution in [1.82, 2.24) is 15.2 Å². The number of nitrogens with one attached hydrogen (secondary N) is 1. The van der Waals surface area contributed by atoms with Gasteiger partial charge in [0.25, 0.3) is 0 Å². The zero-order valence-corrected chi connectivity index (χ0v) is 13.6. The monoisotopic (exact) mass is 341 g/mol. The second-order valence-corrected chi connectivity index (χ2v) is 6.80. The Hall–Kier alpha value is -1.30. The second-order valence-electron chi connectivity index (χ2n) is 5.95. The Morgan fingerprint density at radius 3 is 2.95 bits per heavy atom. The van der Waals surface area contributed by atoms with Gasteiger partial charge in [0.1, 0.15) is 6.10 Å². The first-order valence-corrected chi connectivity index (χ1v) is 7.49. The number of amides is 2. The number of pyridine rings is 1. The number of hydrogen-bond donors (Lipinski definition) is 1. The van der Waals surface area contributed by atoms with Crippen molar-refractivity contribution < 1.29 is 9.53 Å². The fourth-order valence-corrected chi connectivity index (χ4v) is 2.37. The van der Waals surface area contributed by atoms with Crippen molar-refractivity contribution in [1.29, 1.82) is 0 Å². The molecule has 0 aromatic carbocycles. The first kappa shape index (κ1) is 15.1. The summed E-state index contributed by atoms with van der Waals surface area (Å²) in [5, 5.41) is 2.96. The molecule has 1 aromatic rings. The van der Waals surface area contributed by atoms with Gasteiger partial charge in [-0.15, -0.1) is 0 Å². The quantitative estimate of drug-likeness (QED) is 0.899. The van der Waals surface area contributed by atoms with Crippen LogP contribution in [0.2, 0.25) is 0 Å². The van der Waals surface area contributed by atoms with E-state index in [9.17, 15) is 4.79 Å². The number of nitrogens with zero attached hydrogens (tertiary/aromatic N) is 2. The minimum Gasteiger partial charge on any atom is -0.472 e. The van der Waals surface area contributed by atoms with E-state index in [1.165, 1.54) is 0 Å². The highest BCUT2D eigenvalue weighted by Crippen LogP contribution is 2.24. The Labute approximate surface area is 127 Å². The molecule has 2 amide bonds. The number of likely N-dealkylation sites (tertiary alicyclic amines) is 1. The molecule has 5 nitrogen and oxygen atoms in total. The third-order valence-electron chi connectivity index (χ3n) is 2.92. The highest BCUT2D eigenvalue weighted by molar-refractivity contribution is 9.10. The van der Waals surface area contributed by atoms with E-state index in [1.54, 1.807) is 11.1 Å². The summed E-state index contributed by atoms with van der Waals surface area (Å²) in [5.74, 6) is 0.579. The highest BCUT2D eigenvalue weighted by Gasteiger charge is 2.29. The predicted molar refractivity (Wildman–Crippen MR) is 80.8 cm³/mol. The molecule has 1 aliphatic rings. The maximum absolute atomic E-state index is 12.1. The molecule has 1 N–H and O–H groups in total. The van der Waals surface area contributed by atoms with E-state index < -0.39 is 0 Å². The molecule has 2 heterocycles. The van der Waals surface area contributed by atoms with Crippen LogP contribution in [0.3, 0.4) is 0 Å². The van der Waals surface area contributed by atoms with E-state index >= 15 is 0 Å². The maximum atomic E-state index is 12.1. The van der Waals surface area contributed by atoms with Gasteiger partial charge in [0, 0.05) is 24.7 Å². The van der Waals surface area contributed by atoms with Gasteiger partial charge in [-0.05, 0) is 48.8 Å². The average Bonchev–Trinajstić information content (AvgIpc) is 2.79. The van der Waals surface area contributed by atoms with Crippen molar-refractivity contribution in [3.05, 3.63) is 22.8 Å². The lowest BCUT2D eigenvalue weighted by Crippen LogP contribution is -2.48. The van der Waals surface area contributed by atoms with Gasteiger partial charge in [-0.1, -0.05) is 0 Å². The Kier molecular flexibility index (Phi) is 4.52. The zero-order valence-electron chi connectivity index (χ0n) is 12.0. The smallest absolute Gasteiger partial charge is 0.317 e. The maximum Gasteiger partial charge on any atom is 0.317 e. The molecule has 1 aromatic heterocycles. The highest BCUT2D eigenvalue weighted by atomic mass is 79.9. The topological polar surface area (TPSA) is 54.5 Å². The van der Waals surface area contributed by atoms with Crippen molar-refractivity contribution >= 4 is 22.0 Å². The molecular formula is C14H20BrN3O2. The number of carbonyl (C=O) groups is 1. The first-order chi connectivity index (χ1) is 9.35. The van der Waals surface area contributed by atoms with Crippen LogP contribution in [0.4, 0.5) is 4.79 Å². The number of rotatable bonds is 2. The summed E-state index contributed by atoms with van der Waals surface area (Å²) in [5.41, 5.74) is -0.222. The predicted octanol–water partition coefficient (Wildman–Crippen LogP) is 2.81. The van der Waals surface area contributed by atoms with Crippen LogP contribution >= 0.6 is 15.9 Å². The van der Waals surface area contributed by atoms with Gasteiger partial charge in [-0.25, -0.2) is 9.78 Å². The average molecular weight is 342 g/mol. The van der Waals surface area contributed by atoms with Crippen LogP contribution in [-0.4, -0.2) is 40.6 Å². The third-order valence-corrected chi connectivity index (χ3v) is 3.52. The van der Waals surface area contributed by atoms with E-state index in [4.69, 9.17) is 4.74 Å². The molecule has 2 rings (SSSR count). The van der Waals surface area contributed by atoms with Gasteiger partial charge >= 0.3 is 6.03 Å². The van der Waals surface area contributed by atoms with Crippen LogP contribution in [0.15, 0.2) is 22.8 Å². The second kappa shape index (κ2) is 5.99. The van der Waals surface area contributed by atoms with Gasteiger partial charge < -0.3 is 15.0 Å². The summed E-state index contributed by atoms with van der Waals surface area (Å²) < 4.78 is 6.67. The van der Waals surface area contributed by atoms with Gasteiger partial charge in [-0.2, -0.15) is 0 Å². The summed E-state index contributed by atoms with van der Waals surface area (Å²) in [7, 11) is 0. The Morgan fingerprint density at radius 1 is 1.55 bits per heavy atom. The van der Waals surface area contributed by atoms with Crippen molar-refractivity contribution in [3.8, 4) is 5.88 Å². The summed E-state index contributed by atoms with van der Waals surface area (Å²) >= 11 is 3.41. The normalized spacial score (nSPS) is 19.0. The lowest BCUT2D eigenvalue weighted by Gasteiger charge is -2.25. The van der Waals surface area contributed by atoms with Crippen molar-refractivity contribution in [2.24, 2.45) is 0 Å². The summed E-state index contributed by atoms with van der Waals surface area (Å²) in [6, 6.07) is 3.69. The summed E-state index contributed by atoms with van der Waals surface area (Å²) in [4.78, 5) is 18.0. The van der Waals surface area contributed by atoms with Crippen LogP contribution in [0.5, 0.6) is 5.88 Å². The van der Waals surface area contributed by atoms with E-state index in [2.05, 4.69) is 26.2 Å². The van der Waals surface area contributed by atoms with Crippen LogP contribution in [-0.2, 0) is 0 Å². The third kappa shape index (κ3) is 4.10. The molecule has 110 valence electrons. The minimum atomic E-state index is -0.222. The number of hydrogen-bond acceptors (Lipinski definition) is 3. The molecule has 1 fully saturated rings. The zero-order chi connectivity index (χ0) is 14.8. The van der Waals surface area contributed by atoms with Gasteiger partial charge in [0.2, 0.25) is 5.88 Å².